The molecule has 0 amide bonds. The van der Waals surface area contributed by atoms with Crippen molar-refractivity contribution in [3.8, 4) is 22.4 Å². The lowest BCUT2D eigenvalue weighted by molar-refractivity contribution is 0.0943. The van der Waals surface area contributed by atoms with Gasteiger partial charge in [0.05, 0.1) is 15.9 Å². The molecule has 118 valence electrons. The smallest absolute Gasteiger partial charge is 0.228 e. The van der Waals surface area contributed by atoms with Crippen molar-refractivity contribution in [1.82, 2.24) is 4.57 Å². The predicted molar refractivity (Wildman–Crippen MR) is 102 cm³/mol. The summed E-state index contributed by atoms with van der Waals surface area (Å²) in [6.07, 6.45) is 0. The Bertz CT molecular complexity index is 1030. The number of benzene rings is 2. The van der Waals surface area contributed by atoms with Gasteiger partial charge in [-0.3, -0.25) is 9.36 Å². The van der Waals surface area contributed by atoms with Gasteiger partial charge in [0.1, 0.15) is 0 Å². The van der Waals surface area contributed by atoms with Gasteiger partial charge in [-0.25, -0.2) is 0 Å². The molecule has 2 aromatic carbocycles. The number of thiophene rings is 1. The summed E-state index contributed by atoms with van der Waals surface area (Å²) in [5.41, 5.74) is 6.51. The maximum Gasteiger partial charge on any atom is 0.228 e. The van der Waals surface area contributed by atoms with Gasteiger partial charge in [-0.2, -0.15) is 0 Å². The average Bonchev–Trinajstić information content (AvgIpc) is 3.14. The van der Waals surface area contributed by atoms with Crippen LogP contribution in [0.5, 0.6) is 0 Å². The Kier molecular flexibility index (Phi) is 3.58. The molecule has 0 fully saturated rings. The normalized spacial score (nSPS) is 11.1. The summed E-state index contributed by atoms with van der Waals surface area (Å²) < 4.78 is 3.05. The van der Waals surface area contributed by atoms with E-state index in [0.717, 1.165) is 33.5 Å². The summed E-state index contributed by atoms with van der Waals surface area (Å²) >= 11 is 1.71. The fourth-order valence-electron chi connectivity index (χ4n) is 3.28. The molecule has 2 heterocycles. The third kappa shape index (κ3) is 2.21. The van der Waals surface area contributed by atoms with Gasteiger partial charge in [-0.1, -0.05) is 60.7 Å². The highest BCUT2D eigenvalue weighted by molar-refractivity contribution is 7.18. The fraction of sp³-hybridized carbons (Fsp3) is 0.0952. The van der Waals surface area contributed by atoms with Crippen LogP contribution in [0.3, 0.4) is 0 Å². The number of carbonyl (C=O) groups is 1. The van der Waals surface area contributed by atoms with Crippen LogP contribution >= 0.6 is 11.3 Å². The number of aryl methyl sites for hydroxylation is 1. The first kappa shape index (κ1) is 14.9. The van der Waals surface area contributed by atoms with E-state index in [1.807, 2.05) is 41.0 Å². The number of carbonyl (C=O) groups excluding carboxylic acids is 1. The summed E-state index contributed by atoms with van der Waals surface area (Å²) in [6, 6.07) is 20.5. The van der Waals surface area contributed by atoms with E-state index in [1.54, 1.807) is 18.3 Å². The first-order valence-electron chi connectivity index (χ1n) is 7.92. The molecular formula is C21H17NOS. The molecular weight excluding hydrogens is 314 g/mol. The molecule has 0 aliphatic heterocycles. The second-order valence-corrected chi connectivity index (χ2v) is 6.79. The largest absolute Gasteiger partial charge is 0.278 e. The van der Waals surface area contributed by atoms with Crippen LogP contribution in [0.2, 0.25) is 0 Å². The second kappa shape index (κ2) is 5.77. The number of hydrogen-bond acceptors (Lipinski definition) is 2. The van der Waals surface area contributed by atoms with Gasteiger partial charge in [-0.05, 0) is 29.0 Å². The predicted octanol–water partition coefficient (Wildman–Crippen LogP) is 6.01. The Hall–Kier alpha value is -2.65. The molecule has 4 rings (SSSR count). The van der Waals surface area contributed by atoms with Crippen LogP contribution in [0.25, 0.3) is 32.6 Å². The van der Waals surface area contributed by atoms with E-state index in [0.29, 0.717) is 0 Å². The number of nitrogens with zero attached hydrogens (tertiary/aromatic N) is 1. The van der Waals surface area contributed by atoms with Crippen molar-refractivity contribution in [2.75, 3.05) is 0 Å². The van der Waals surface area contributed by atoms with Crippen LogP contribution < -0.4 is 0 Å². The van der Waals surface area contributed by atoms with Gasteiger partial charge in [0, 0.05) is 12.5 Å². The lowest BCUT2D eigenvalue weighted by Crippen LogP contribution is -2.07. The minimum Gasteiger partial charge on any atom is -0.278 e. The first-order valence-corrected chi connectivity index (χ1v) is 8.80. The molecule has 0 bridgehead atoms. The zero-order chi connectivity index (χ0) is 16.7. The molecule has 3 heteroatoms. The highest BCUT2D eigenvalue weighted by Crippen LogP contribution is 2.44. The van der Waals surface area contributed by atoms with Crippen molar-refractivity contribution >= 4 is 27.5 Å². The van der Waals surface area contributed by atoms with E-state index in [-0.39, 0.29) is 5.91 Å². The number of rotatable bonds is 2. The fourth-order valence-corrected chi connectivity index (χ4v) is 4.38. The number of hydrogen-bond donors (Lipinski definition) is 0. The summed E-state index contributed by atoms with van der Waals surface area (Å²) in [6.45, 7) is 3.71. The van der Waals surface area contributed by atoms with E-state index in [2.05, 4.69) is 36.6 Å². The lowest BCUT2D eigenvalue weighted by Gasteiger charge is -2.10. The minimum atomic E-state index is 0.0440. The molecule has 2 aromatic heterocycles. The average molecular weight is 331 g/mol. The topological polar surface area (TPSA) is 22.0 Å². The summed E-state index contributed by atoms with van der Waals surface area (Å²) in [4.78, 5) is 12.5. The second-order valence-electron chi connectivity index (χ2n) is 5.91. The molecule has 4 aromatic rings. The zero-order valence-electron chi connectivity index (χ0n) is 13.6. The molecule has 0 spiro atoms. The maximum absolute atomic E-state index is 12.5. The van der Waals surface area contributed by atoms with E-state index in [9.17, 15) is 4.79 Å². The van der Waals surface area contributed by atoms with Crippen LogP contribution in [0.1, 0.15) is 17.3 Å². The lowest BCUT2D eigenvalue weighted by atomic mass is 10.0. The van der Waals surface area contributed by atoms with E-state index in [1.165, 1.54) is 4.70 Å². The summed E-state index contributed by atoms with van der Waals surface area (Å²) in [5.74, 6) is 0.0440. The van der Waals surface area contributed by atoms with Crippen LogP contribution in [-0.4, -0.2) is 10.5 Å². The van der Waals surface area contributed by atoms with Crippen molar-refractivity contribution in [3.63, 3.8) is 0 Å². The maximum atomic E-state index is 12.5. The minimum absolute atomic E-state index is 0.0440. The van der Waals surface area contributed by atoms with Gasteiger partial charge < -0.3 is 0 Å². The van der Waals surface area contributed by atoms with Gasteiger partial charge in [0.2, 0.25) is 5.91 Å². The summed E-state index contributed by atoms with van der Waals surface area (Å²) in [7, 11) is 0. The molecule has 2 nitrogen and oxygen atoms in total. The van der Waals surface area contributed by atoms with Crippen LogP contribution in [0.15, 0.2) is 66.0 Å². The Morgan fingerprint density at radius 1 is 0.917 bits per heavy atom. The Morgan fingerprint density at radius 2 is 1.50 bits per heavy atom. The van der Waals surface area contributed by atoms with Crippen molar-refractivity contribution in [1.29, 1.82) is 0 Å². The molecule has 0 saturated heterocycles. The third-order valence-electron chi connectivity index (χ3n) is 4.28. The van der Waals surface area contributed by atoms with Crippen LogP contribution in [0, 0.1) is 6.92 Å². The van der Waals surface area contributed by atoms with E-state index < -0.39 is 0 Å². The molecule has 0 N–H and O–H groups in total. The molecule has 0 unspecified atom stereocenters. The van der Waals surface area contributed by atoms with Crippen molar-refractivity contribution < 1.29 is 4.79 Å². The van der Waals surface area contributed by atoms with E-state index in [4.69, 9.17) is 0 Å². The highest BCUT2D eigenvalue weighted by atomic mass is 32.1. The molecule has 0 saturated carbocycles. The van der Waals surface area contributed by atoms with Crippen molar-refractivity contribution in [2.45, 2.75) is 13.8 Å². The molecule has 0 aliphatic carbocycles. The first-order chi connectivity index (χ1) is 11.7. The van der Waals surface area contributed by atoms with Gasteiger partial charge in [-0.15, -0.1) is 11.3 Å². The van der Waals surface area contributed by atoms with Gasteiger partial charge in [0.25, 0.3) is 0 Å². The molecule has 24 heavy (non-hydrogen) atoms. The van der Waals surface area contributed by atoms with Crippen LogP contribution in [-0.2, 0) is 0 Å². The number of aromatic nitrogens is 1. The highest BCUT2D eigenvalue weighted by Gasteiger charge is 2.24. The Morgan fingerprint density at radius 3 is 2.08 bits per heavy atom. The SMILES string of the molecule is CC(=O)n1c(-c2ccccc2)c(-c2ccccc2)c2scc(C)c21. The quantitative estimate of drug-likeness (QED) is 0.441. The van der Waals surface area contributed by atoms with Gasteiger partial charge in [0.15, 0.2) is 0 Å². The monoisotopic (exact) mass is 331 g/mol. The van der Waals surface area contributed by atoms with Crippen molar-refractivity contribution in [3.05, 3.63) is 71.6 Å². The van der Waals surface area contributed by atoms with E-state index >= 15 is 0 Å². The zero-order valence-corrected chi connectivity index (χ0v) is 14.4. The molecule has 0 atom stereocenters. The third-order valence-corrected chi connectivity index (χ3v) is 5.38. The number of fused-ring (bicyclic) bond motifs is 1. The standard InChI is InChI=1S/C21H17NOS/c1-14-13-24-21-18(16-9-5-3-6-10-16)20(17-11-7-4-8-12-17)22(15(2)23)19(14)21/h3-13H,1-2H3. The Balaban J connectivity index is 2.19. The van der Waals surface area contributed by atoms with Gasteiger partial charge >= 0.3 is 0 Å². The molecule has 0 radical (unpaired) electrons. The van der Waals surface area contributed by atoms with Crippen LogP contribution in [0.4, 0.5) is 0 Å². The molecule has 0 aliphatic rings. The Labute approximate surface area is 145 Å². The summed E-state index contributed by atoms with van der Waals surface area (Å²) in [5, 5.41) is 2.13. The van der Waals surface area contributed by atoms with Crippen molar-refractivity contribution in [2.24, 2.45) is 0 Å².